The van der Waals surface area contributed by atoms with Crippen molar-refractivity contribution in [2.24, 2.45) is 0 Å². The third-order valence-electron chi connectivity index (χ3n) is 4.67. The normalized spacial score (nSPS) is 20.2. The molecule has 3 rings (SSSR count). The largest absolute Gasteiger partial charge is 0.481 e. The van der Waals surface area contributed by atoms with Gasteiger partial charge in [0, 0.05) is 48.9 Å². The highest BCUT2D eigenvalue weighted by molar-refractivity contribution is 7.99. The third-order valence-corrected chi connectivity index (χ3v) is 6.79. The van der Waals surface area contributed by atoms with E-state index in [0.29, 0.717) is 25.4 Å². The molecule has 1 atom stereocenters. The molecule has 1 unspecified atom stereocenters. The number of nitrogens with zero attached hydrogens (tertiary/aromatic N) is 2. The van der Waals surface area contributed by atoms with E-state index < -0.39 is 5.97 Å². The topological polar surface area (TPSA) is 77.9 Å². The molecule has 1 fully saturated rings. The van der Waals surface area contributed by atoms with Crippen LogP contribution in [-0.4, -0.2) is 63.3 Å². The summed E-state index contributed by atoms with van der Waals surface area (Å²) < 4.78 is 0. The summed E-state index contributed by atoms with van der Waals surface area (Å²) in [6.07, 6.45) is 1.21. The molecule has 0 spiro atoms. The Hall–Kier alpha value is -1.54. The van der Waals surface area contributed by atoms with E-state index >= 15 is 0 Å². The van der Waals surface area contributed by atoms with Crippen LogP contribution >= 0.6 is 23.1 Å². The first-order valence-electron chi connectivity index (χ1n) is 8.46. The van der Waals surface area contributed by atoms with Crippen LogP contribution in [0.3, 0.4) is 0 Å². The second-order valence-corrected chi connectivity index (χ2v) is 8.50. The molecule has 2 aliphatic rings. The third kappa shape index (κ3) is 4.55. The number of carbonyl (C=O) groups is 3. The van der Waals surface area contributed by atoms with Crippen molar-refractivity contribution in [3.05, 3.63) is 21.9 Å². The number of carboxylic acids is 1. The van der Waals surface area contributed by atoms with Crippen molar-refractivity contribution in [3.8, 4) is 0 Å². The maximum Gasteiger partial charge on any atom is 0.305 e. The number of hydrogen-bond acceptors (Lipinski definition) is 5. The highest BCUT2D eigenvalue weighted by atomic mass is 32.2. The molecule has 1 aromatic heterocycles. The van der Waals surface area contributed by atoms with Gasteiger partial charge in [0.2, 0.25) is 11.8 Å². The van der Waals surface area contributed by atoms with Crippen LogP contribution in [0, 0.1) is 0 Å². The number of amides is 2. The number of aliphatic carboxylic acids is 1. The molecular weight excluding hydrogens is 360 g/mol. The van der Waals surface area contributed by atoms with Crippen molar-refractivity contribution in [2.45, 2.75) is 38.3 Å². The lowest BCUT2D eigenvalue weighted by molar-refractivity contribution is -0.142. The second-order valence-electron chi connectivity index (χ2n) is 6.35. The van der Waals surface area contributed by atoms with E-state index in [1.807, 2.05) is 4.90 Å². The molecule has 0 aromatic carbocycles. The van der Waals surface area contributed by atoms with E-state index in [4.69, 9.17) is 5.11 Å². The molecule has 0 aliphatic carbocycles. The maximum absolute atomic E-state index is 12.5. The highest BCUT2D eigenvalue weighted by Gasteiger charge is 2.29. The molecule has 136 valence electrons. The predicted molar refractivity (Wildman–Crippen MR) is 97.8 cm³/mol. The van der Waals surface area contributed by atoms with Gasteiger partial charge in [-0.25, -0.2) is 0 Å². The van der Waals surface area contributed by atoms with E-state index in [-0.39, 0.29) is 37.1 Å². The number of thiophene rings is 1. The fraction of sp³-hybridized carbons (Fsp3) is 0.588. The molecule has 0 saturated carbocycles. The van der Waals surface area contributed by atoms with Gasteiger partial charge in [-0.2, -0.15) is 11.8 Å². The Morgan fingerprint density at radius 3 is 2.80 bits per heavy atom. The summed E-state index contributed by atoms with van der Waals surface area (Å²) in [4.78, 5) is 40.7. The first-order valence-corrected chi connectivity index (χ1v) is 10.5. The number of hydrogen-bond donors (Lipinski definition) is 1. The average molecular weight is 383 g/mol. The molecule has 2 amide bonds. The van der Waals surface area contributed by atoms with E-state index in [1.54, 1.807) is 28.0 Å². The summed E-state index contributed by atoms with van der Waals surface area (Å²) in [5.41, 5.74) is 1.21. The van der Waals surface area contributed by atoms with Crippen molar-refractivity contribution in [2.75, 3.05) is 24.6 Å². The molecule has 25 heavy (non-hydrogen) atoms. The van der Waals surface area contributed by atoms with Gasteiger partial charge >= 0.3 is 5.97 Å². The molecule has 3 heterocycles. The number of carboxylic acid groups (broad SMARTS) is 1. The van der Waals surface area contributed by atoms with Crippen LogP contribution in [0.4, 0.5) is 0 Å². The molecular formula is C17H22N2O4S2. The van der Waals surface area contributed by atoms with E-state index in [1.165, 1.54) is 10.4 Å². The van der Waals surface area contributed by atoms with Gasteiger partial charge in [0.1, 0.15) is 0 Å². The van der Waals surface area contributed by atoms with Crippen molar-refractivity contribution in [3.63, 3.8) is 0 Å². The lowest BCUT2D eigenvalue weighted by Gasteiger charge is -2.35. The van der Waals surface area contributed by atoms with E-state index in [2.05, 4.69) is 11.4 Å². The van der Waals surface area contributed by atoms with Crippen molar-refractivity contribution >= 4 is 40.9 Å². The second kappa shape index (κ2) is 8.23. The summed E-state index contributed by atoms with van der Waals surface area (Å²) in [6.45, 7) is 1.91. The summed E-state index contributed by atoms with van der Waals surface area (Å²) in [5.74, 6) is 0.489. The number of rotatable bonds is 5. The smallest absolute Gasteiger partial charge is 0.305 e. The minimum Gasteiger partial charge on any atom is -0.481 e. The first kappa shape index (κ1) is 18.3. The predicted octanol–water partition coefficient (Wildman–Crippen LogP) is 1.83. The molecule has 1 saturated heterocycles. The van der Waals surface area contributed by atoms with Gasteiger partial charge in [-0.3, -0.25) is 14.4 Å². The minimum atomic E-state index is -0.888. The van der Waals surface area contributed by atoms with Gasteiger partial charge in [-0.05, 0) is 23.4 Å². The minimum absolute atomic E-state index is 0.00590. The van der Waals surface area contributed by atoms with Crippen molar-refractivity contribution < 1.29 is 19.5 Å². The number of thioether (sulfide) groups is 1. The quantitative estimate of drug-likeness (QED) is 0.841. The van der Waals surface area contributed by atoms with Gasteiger partial charge in [-0.1, -0.05) is 0 Å². The zero-order valence-corrected chi connectivity index (χ0v) is 15.6. The molecule has 1 N–H and O–H groups in total. The van der Waals surface area contributed by atoms with Gasteiger partial charge < -0.3 is 14.9 Å². The van der Waals surface area contributed by atoms with Crippen molar-refractivity contribution in [1.82, 2.24) is 9.80 Å². The SMILES string of the molecule is O=C(O)CC1CSCCN1C(=O)CCC(=O)N1CCc2sccc2C1. The molecule has 0 bridgehead atoms. The van der Waals surface area contributed by atoms with Gasteiger partial charge in [-0.15, -0.1) is 11.3 Å². The molecule has 8 heteroatoms. The van der Waals surface area contributed by atoms with Crippen molar-refractivity contribution in [1.29, 1.82) is 0 Å². The Kier molecular flexibility index (Phi) is 6.01. The van der Waals surface area contributed by atoms with Crippen LogP contribution in [0.15, 0.2) is 11.4 Å². The number of fused-ring (bicyclic) bond motifs is 1. The Labute approximate surface area is 155 Å². The van der Waals surface area contributed by atoms with Crippen LogP contribution < -0.4 is 0 Å². The van der Waals surface area contributed by atoms with Crippen LogP contribution in [0.25, 0.3) is 0 Å². The van der Waals surface area contributed by atoms with E-state index in [9.17, 15) is 14.4 Å². The summed E-state index contributed by atoms with van der Waals surface area (Å²) >= 11 is 3.41. The molecule has 6 nitrogen and oxygen atoms in total. The Morgan fingerprint density at radius 1 is 1.20 bits per heavy atom. The summed E-state index contributed by atoms with van der Waals surface area (Å²) in [6, 6.07) is 1.80. The monoisotopic (exact) mass is 382 g/mol. The van der Waals surface area contributed by atoms with Crippen LogP contribution in [0.5, 0.6) is 0 Å². The summed E-state index contributed by atoms with van der Waals surface area (Å²) in [5, 5.41) is 11.1. The lowest BCUT2D eigenvalue weighted by atomic mass is 10.1. The standard InChI is InChI=1S/C17H22N2O4S2/c20-15(18-5-3-14-12(10-18)4-7-25-14)1-2-16(21)19-6-8-24-11-13(19)9-17(22)23/h4,7,13H,1-3,5-6,8-11H2,(H,22,23). The first-order chi connectivity index (χ1) is 12.0. The molecule has 1 aromatic rings. The van der Waals surface area contributed by atoms with Crippen LogP contribution in [0.1, 0.15) is 29.7 Å². The van der Waals surface area contributed by atoms with Crippen LogP contribution in [0.2, 0.25) is 0 Å². The number of carbonyl (C=O) groups excluding carboxylic acids is 2. The zero-order chi connectivity index (χ0) is 17.8. The zero-order valence-electron chi connectivity index (χ0n) is 14.0. The lowest BCUT2D eigenvalue weighted by Crippen LogP contribution is -2.47. The molecule has 0 radical (unpaired) electrons. The van der Waals surface area contributed by atoms with Gasteiger partial charge in [0.25, 0.3) is 0 Å². The molecule has 2 aliphatic heterocycles. The maximum atomic E-state index is 12.5. The van der Waals surface area contributed by atoms with E-state index in [0.717, 1.165) is 12.2 Å². The fourth-order valence-corrected chi connectivity index (χ4v) is 5.28. The Bertz CT molecular complexity index is 661. The fourth-order valence-electron chi connectivity index (χ4n) is 3.33. The average Bonchev–Trinajstić information content (AvgIpc) is 3.07. The summed E-state index contributed by atoms with van der Waals surface area (Å²) in [7, 11) is 0. The highest BCUT2D eigenvalue weighted by Crippen LogP contribution is 2.25. The van der Waals surface area contributed by atoms with Crippen LogP contribution in [-0.2, 0) is 27.3 Å². The van der Waals surface area contributed by atoms with Gasteiger partial charge in [0.15, 0.2) is 0 Å². The Balaban J connectivity index is 1.51. The Morgan fingerprint density at radius 2 is 2.00 bits per heavy atom. The van der Waals surface area contributed by atoms with Gasteiger partial charge in [0.05, 0.1) is 12.5 Å².